The third-order valence-electron chi connectivity index (χ3n) is 5.55. The van der Waals surface area contributed by atoms with Gasteiger partial charge in [-0.3, -0.25) is 0 Å². The van der Waals surface area contributed by atoms with Crippen LogP contribution in [0.25, 0.3) is 0 Å². The van der Waals surface area contributed by atoms with E-state index in [1.807, 2.05) is 24.3 Å². The van der Waals surface area contributed by atoms with Gasteiger partial charge in [0, 0.05) is 47.2 Å². The lowest BCUT2D eigenvalue weighted by Crippen LogP contribution is -2.43. The number of ether oxygens (including phenoxy) is 3. The van der Waals surface area contributed by atoms with Gasteiger partial charge in [0.05, 0.1) is 22.5 Å². The first kappa shape index (κ1) is 23.7. The van der Waals surface area contributed by atoms with E-state index < -0.39 is 8.80 Å². The summed E-state index contributed by atoms with van der Waals surface area (Å²) in [6.07, 6.45) is 5.71. The van der Waals surface area contributed by atoms with Crippen LogP contribution < -0.4 is 5.19 Å². The zero-order valence-electron chi connectivity index (χ0n) is 17.6. The summed E-state index contributed by atoms with van der Waals surface area (Å²) in [5, 5.41) is 0.992. The van der Waals surface area contributed by atoms with E-state index in [4.69, 9.17) is 27.5 Å². The Morgan fingerprint density at radius 2 is 1.64 bits per heavy atom. The SMILES string of the molecule is COC(OC)c1ccccc1[Si].CO[Si](CCC1CCC2OC2C1)(OC)OC. The molecule has 1 aromatic carbocycles. The first-order chi connectivity index (χ1) is 13.5. The van der Waals surface area contributed by atoms with E-state index in [9.17, 15) is 0 Å². The molecule has 1 saturated carbocycles. The summed E-state index contributed by atoms with van der Waals surface area (Å²) in [5.74, 6) is 0.760. The number of methoxy groups -OCH3 is 2. The van der Waals surface area contributed by atoms with Crippen LogP contribution in [0.5, 0.6) is 0 Å². The Morgan fingerprint density at radius 1 is 1.00 bits per heavy atom. The van der Waals surface area contributed by atoms with Gasteiger partial charge >= 0.3 is 8.80 Å². The topological polar surface area (TPSA) is 58.7 Å². The van der Waals surface area contributed by atoms with Crippen LogP contribution in [-0.2, 0) is 27.5 Å². The zero-order chi connectivity index (χ0) is 20.6. The molecule has 2 aliphatic rings. The fraction of sp³-hybridized carbons (Fsp3) is 0.700. The first-order valence-corrected chi connectivity index (χ1v) is 12.1. The van der Waals surface area contributed by atoms with Crippen LogP contribution in [0.1, 0.15) is 37.5 Å². The van der Waals surface area contributed by atoms with Crippen LogP contribution in [0.4, 0.5) is 0 Å². The summed E-state index contributed by atoms with van der Waals surface area (Å²) in [7, 11) is 9.40. The second-order valence-corrected chi connectivity index (χ2v) is 10.7. The van der Waals surface area contributed by atoms with Gasteiger partial charge in [0.2, 0.25) is 0 Å². The molecule has 0 spiro atoms. The van der Waals surface area contributed by atoms with Crippen molar-refractivity contribution in [2.45, 2.75) is 50.2 Å². The van der Waals surface area contributed by atoms with Crippen molar-refractivity contribution >= 4 is 24.2 Å². The maximum absolute atomic E-state index is 5.54. The van der Waals surface area contributed by atoms with Gasteiger partial charge in [0.1, 0.15) is 0 Å². The van der Waals surface area contributed by atoms with Crippen molar-refractivity contribution in [2.75, 3.05) is 35.5 Å². The number of epoxide rings is 1. The lowest BCUT2D eigenvalue weighted by atomic mass is 9.88. The van der Waals surface area contributed by atoms with Gasteiger partial charge in [0.15, 0.2) is 6.29 Å². The molecule has 3 atom stereocenters. The summed E-state index contributed by atoms with van der Waals surface area (Å²) in [5.41, 5.74) is 0.999. The summed E-state index contributed by atoms with van der Waals surface area (Å²) >= 11 is 0. The van der Waals surface area contributed by atoms with Crippen LogP contribution in [0.2, 0.25) is 6.04 Å². The Bertz CT molecular complexity index is 571. The maximum atomic E-state index is 5.54. The van der Waals surface area contributed by atoms with Crippen molar-refractivity contribution < 1.29 is 27.5 Å². The summed E-state index contributed by atoms with van der Waals surface area (Å²) in [6, 6.07) is 8.73. The molecule has 0 aromatic heterocycles. The predicted octanol–water partition coefficient (Wildman–Crippen LogP) is 2.59. The quantitative estimate of drug-likeness (QED) is 0.344. The average molecular weight is 426 g/mol. The highest BCUT2D eigenvalue weighted by Gasteiger charge is 2.45. The van der Waals surface area contributed by atoms with Crippen molar-refractivity contribution in [1.82, 2.24) is 0 Å². The van der Waals surface area contributed by atoms with Crippen LogP contribution in [-0.4, -0.2) is 66.8 Å². The van der Waals surface area contributed by atoms with Gasteiger partial charge in [-0.05, 0) is 31.6 Å². The van der Waals surface area contributed by atoms with E-state index >= 15 is 0 Å². The average Bonchev–Trinajstić information content (AvgIpc) is 3.51. The van der Waals surface area contributed by atoms with Crippen LogP contribution >= 0.6 is 0 Å². The smallest absolute Gasteiger partial charge is 0.377 e. The third-order valence-corrected chi connectivity index (χ3v) is 8.77. The fourth-order valence-corrected chi connectivity index (χ4v) is 5.91. The highest BCUT2D eigenvalue weighted by atomic mass is 28.4. The van der Waals surface area contributed by atoms with E-state index in [0.29, 0.717) is 12.2 Å². The van der Waals surface area contributed by atoms with Crippen molar-refractivity contribution in [1.29, 1.82) is 0 Å². The molecule has 1 aliphatic heterocycles. The van der Waals surface area contributed by atoms with E-state index in [1.165, 1.54) is 19.3 Å². The minimum Gasteiger partial charge on any atom is -0.377 e. The molecule has 0 amide bonds. The molecule has 0 N–H and O–H groups in total. The predicted molar refractivity (Wildman–Crippen MR) is 111 cm³/mol. The Kier molecular flexibility index (Phi) is 9.78. The molecular weight excluding hydrogens is 392 g/mol. The summed E-state index contributed by atoms with van der Waals surface area (Å²) in [6.45, 7) is 0. The van der Waals surface area contributed by atoms with E-state index in [1.54, 1.807) is 35.5 Å². The molecule has 8 heteroatoms. The van der Waals surface area contributed by atoms with Crippen LogP contribution in [0.15, 0.2) is 24.3 Å². The number of fused-ring (bicyclic) bond motifs is 1. The Hall–Kier alpha value is -0.586. The molecule has 3 unspecified atom stereocenters. The molecule has 3 rings (SSSR count). The van der Waals surface area contributed by atoms with Crippen molar-refractivity contribution in [3.05, 3.63) is 29.8 Å². The van der Waals surface area contributed by atoms with Crippen molar-refractivity contribution in [3.8, 4) is 0 Å². The lowest BCUT2D eigenvalue weighted by Gasteiger charge is -2.27. The first-order valence-electron chi connectivity index (χ1n) is 9.69. The molecule has 1 aromatic rings. The number of hydrogen-bond donors (Lipinski definition) is 0. The Labute approximate surface area is 173 Å². The van der Waals surface area contributed by atoms with Crippen LogP contribution in [0.3, 0.4) is 0 Å². The molecule has 6 nitrogen and oxygen atoms in total. The van der Waals surface area contributed by atoms with Gasteiger partial charge in [0.25, 0.3) is 0 Å². The maximum Gasteiger partial charge on any atom is 0.500 e. The second kappa shape index (κ2) is 11.6. The number of hydrogen-bond acceptors (Lipinski definition) is 6. The Morgan fingerprint density at radius 3 is 2.18 bits per heavy atom. The minimum atomic E-state index is -2.35. The van der Waals surface area contributed by atoms with Gasteiger partial charge in [-0.1, -0.05) is 29.5 Å². The normalized spacial score (nSPS) is 23.8. The van der Waals surface area contributed by atoms with Gasteiger partial charge in [-0.15, -0.1) is 0 Å². The minimum absolute atomic E-state index is 0.293. The van der Waals surface area contributed by atoms with Crippen molar-refractivity contribution in [3.63, 3.8) is 0 Å². The van der Waals surface area contributed by atoms with E-state index in [0.717, 1.165) is 29.1 Å². The lowest BCUT2D eigenvalue weighted by molar-refractivity contribution is -0.105. The standard InChI is InChI=1S/C11H22O4Si.C9H11O2Si/c1-12-16(13-2,14-3)7-6-9-4-5-10-11(8-9)15-10;1-10-9(11-2)7-5-3-4-6-8(7)12/h9-11H,4-8H2,1-3H3;3-6,9H,1-2H3. The summed E-state index contributed by atoms with van der Waals surface area (Å²) in [4.78, 5) is 0. The fourth-order valence-electron chi connectivity index (χ4n) is 3.74. The molecule has 0 bridgehead atoms. The molecule has 1 saturated heterocycles. The molecule has 1 heterocycles. The second-order valence-electron chi connectivity index (χ2n) is 7.12. The van der Waals surface area contributed by atoms with E-state index in [-0.39, 0.29) is 6.29 Å². The largest absolute Gasteiger partial charge is 0.500 e. The van der Waals surface area contributed by atoms with Crippen molar-refractivity contribution in [2.24, 2.45) is 5.92 Å². The Balaban J connectivity index is 0.000000209. The molecule has 2 fully saturated rings. The van der Waals surface area contributed by atoms with Crippen LogP contribution in [0, 0.1) is 5.92 Å². The molecule has 1 aliphatic carbocycles. The van der Waals surface area contributed by atoms with Gasteiger partial charge in [-0.2, -0.15) is 0 Å². The van der Waals surface area contributed by atoms with Gasteiger partial charge in [-0.25, -0.2) is 0 Å². The molecule has 28 heavy (non-hydrogen) atoms. The number of rotatable bonds is 9. The van der Waals surface area contributed by atoms with Gasteiger partial charge < -0.3 is 27.5 Å². The zero-order valence-corrected chi connectivity index (χ0v) is 19.6. The summed E-state index contributed by atoms with van der Waals surface area (Å²) < 4.78 is 32.0. The molecule has 157 valence electrons. The third kappa shape index (κ3) is 6.46. The van der Waals surface area contributed by atoms with E-state index in [2.05, 4.69) is 10.2 Å². The highest BCUT2D eigenvalue weighted by Crippen LogP contribution is 2.41. The highest BCUT2D eigenvalue weighted by molar-refractivity contribution is 6.60. The molecule has 3 radical (unpaired) electrons. The molecular formula is C20H33O6Si2. The monoisotopic (exact) mass is 425 g/mol. The number of benzene rings is 1.